The predicted octanol–water partition coefficient (Wildman–Crippen LogP) is 1.70. The summed E-state index contributed by atoms with van der Waals surface area (Å²) in [7, 11) is -3.83. The Kier molecular flexibility index (Phi) is 8.41. The zero-order valence-electron chi connectivity index (χ0n) is 21.8. The van der Waals surface area contributed by atoms with E-state index in [2.05, 4.69) is 37.9 Å². The van der Waals surface area contributed by atoms with Crippen LogP contribution in [-0.4, -0.2) is 73.0 Å². The molecule has 1 aromatic rings. The summed E-state index contributed by atoms with van der Waals surface area (Å²) in [6.07, 6.45) is 1.97. The summed E-state index contributed by atoms with van der Waals surface area (Å²) >= 11 is 3.39. The smallest absolute Gasteiger partial charge is 0.293 e. The highest BCUT2D eigenvalue weighted by Crippen LogP contribution is 2.45. The number of rotatable bonds is 12. The normalized spacial score (nSPS) is 26.9. The van der Waals surface area contributed by atoms with Crippen LogP contribution in [0.5, 0.6) is 0 Å². The molecule has 2 saturated carbocycles. The van der Waals surface area contributed by atoms with Gasteiger partial charge in [-0.15, -0.1) is 6.58 Å². The Morgan fingerprint density at radius 2 is 1.87 bits per heavy atom. The molecular formula is C26H33BrN4O7S. The molecule has 1 aromatic carbocycles. The Morgan fingerprint density at radius 1 is 1.21 bits per heavy atom. The molecule has 2 aliphatic carbocycles. The molecule has 0 unspecified atom stereocenters. The van der Waals surface area contributed by atoms with Crippen molar-refractivity contribution >= 4 is 55.8 Å². The van der Waals surface area contributed by atoms with Gasteiger partial charge in [0.2, 0.25) is 21.8 Å². The first-order valence-corrected chi connectivity index (χ1v) is 15.2. The first-order chi connectivity index (χ1) is 18.4. The minimum absolute atomic E-state index is 0.00103. The summed E-state index contributed by atoms with van der Waals surface area (Å²) < 4.78 is 32.9. The van der Waals surface area contributed by atoms with Gasteiger partial charge in [0, 0.05) is 22.5 Å². The van der Waals surface area contributed by atoms with E-state index in [4.69, 9.17) is 4.74 Å². The molecule has 0 spiro atoms. The van der Waals surface area contributed by atoms with Crippen LogP contribution in [0, 0.1) is 11.8 Å². The van der Waals surface area contributed by atoms with Gasteiger partial charge in [0.15, 0.2) is 0 Å². The third kappa shape index (κ3) is 6.29. The van der Waals surface area contributed by atoms with E-state index in [1.54, 1.807) is 0 Å². The van der Waals surface area contributed by atoms with Crippen LogP contribution in [0.4, 0.5) is 5.69 Å². The molecule has 212 valence electrons. The molecule has 3 fully saturated rings. The van der Waals surface area contributed by atoms with Crippen molar-refractivity contribution in [2.75, 3.05) is 11.9 Å². The lowest BCUT2D eigenvalue weighted by atomic mass is 10.0. The Balaban J connectivity index is 1.54. The lowest BCUT2D eigenvalue weighted by molar-refractivity contribution is -0.141. The number of hydrogen-bond donors (Lipinski definition) is 3. The Hall–Kier alpha value is -2.93. The van der Waals surface area contributed by atoms with Crippen molar-refractivity contribution in [3.63, 3.8) is 0 Å². The van der Waals surface area contributed by atoms with Gasteiger partial charge >= 0.3 is 0 Å². The van der Waals surface area contributed by atoms with E-state index in [0.717, 1.165) is 4.47 Å². The second-order valence-electron chi connectivity index (χ2n) is 10.7. The number of carbonyl (C=O) groups excluding carboxylic acids is 4. The molecule has 3 aliphatic rings. The van der Waals surface area contributed by atoms with E-state index in [9.17, 15) is 27.6 Å². The number of hydrogen-bond acceptors (Lipinski definition) is 8. The molecule has 39 heavy (non-hydrogen) atoms. The van der Waals surface area contributed by atoms with Gasteiger partial charge in [-0.25, -0.2) is 8.42 Å². The van der Waals surface area contributed by atoms with E-state index in [-0.39, 0.29) is 37.7 Å². The van der Waals surface area contributed by atoms with E-state index in [1.165, 1.54) is 11.0 Å². The maximum atomic E-state index is 13.8. The van der Waals surface area contributed by atoms with Crippen LogP contribution in [-0.2, 0) is 33.9 Å². The number of ether oxygens (including phenoxy) is 1. The highest BCUT2D eigenvalue weighted by atomic mass is 79.9. The van der Waals surface area contributed by atoms with Crippen molar-refractivity contribution in [3.8, 4) is 0 Å². The van der Waals surface area contributed by atoms with Crippen molar-refractivity contribution in [1.82, 2.24) is 14.9 Å². The molecule has 11 nitrogen and oxygen atoms in total. The average Bonchev–Trinajstić information content (AvgIpc) is 3.80. The number of benzene rings is 1. The highest BCUT2D eigenvalue weighted by Gasteiger charge is 2.62. The van der Waals surface area contributed by atoms with Crippen LogP contribution >= 0.6 is 15.9 Å². The SMILES string of the molecule is C=C[C@@H]1C[C@]1(NC(=O)[C@@H]1C[C@@H](OC=O)CN1C(=O)[C@@H](Nc1ccc(Br)cc1)C(C)C)C(=O)NS(=O)(=O)C1CC1. The summed E-state index contributed by atoms with van der Waals surface area (Å²) in [6.45, 7) is 7.72. The fraction of sp³-hybridized carbons (Fsp3) is 0.538. The Labute approximate surface area is 236 Å². The van der Waals surface area contributed by atoms with Crippen molar-refractivity contribution in [2.24, 2.45) is 11.8 Å². The molecule has 3 amide bonds. The quantitative estimate of drug-likeness (QED) is 0.235. The van der Waals surface area contributed by atoms with Gasteiger partial charge in [0.05, 0.1) is 11.8 Å². The van der Waals surface area contributed by atoms with Crippen LogP contribution in [0.25, 0.3) is 0 Å². The molecular weight excluding hydrogens is 592 g/mol. The molecule has 3 N–H and O–H groups in total. The van der Waals surface area contributed by atoms with Crippen molar-refractivity contribution < 1.29 is 32.3 Å². The summed E-state index contributed by atoms with van der Waals surface area (Å²) in [4.78, 5) is 52.9. The Morgan fingerprint density at radius 3 is 2.41 bits per heavy atom. The Bertz CT molecular complexity index is 1250. The molecule has 0 bridgehead atoms. The number of amides is 3. The van der Waals surface area contributed by atoms with Crippen LogP contribution in [0.3, 0.4) is 0 Å². The van der Waals surface area contributed by atoms with Gasteiger partial charge in [-0.1, -0.05) is 35.9 Å². The molecule has 13 heteroatoms. The number of anilines is 1. The lowest BCUT2D eigenvalue weighted by Crippen LogP contribution is -2.58. The third-order valence-corrected chi connectivity index (χ3v) is 9.79. The van der Waals surface area contributed by atoms with Gasteiger partial charge in [0.1, 0.15) is 23.7 Å². The molecule has 1 heterocycles. The highest BCUT2D eigenvalue weighted by molar-refractivity contribution is 9.10. The predicted molar refractivity (Wildman–Crippen MR) is 147 cm³/mol. The molecule has 1 aliphatic heterocycles. The van der Waals surface area contributed by atoms with Gasteiger partial charge in [-0.3, -0.25) is 23.9 Å². The van der Waals surface area contributed by atoms with Gasteiger partial charge in [0.25, 0.3) is 12.4 Å². The summed E-state index contributed by atoms with van der Waals surface area (Å²) in [5.74, 6) is -2.44. The topological polar surface area (TPSA) is 151 Å². The fourth-order valence-electron chi connectivity index (χ4n) is 4.90. The second-order valence-corrected chi connectivity index (χ2v) is 13.5. The zero-order chi connectivity index (χ0) is 28.5. The maximum absolute atomic E-state index is 13.8. The second kappa shape index (κ2) is 11.3. The van der Waals surface area contributed by atoms with Crippen LogP contribution in [0.2, 0.25) is 0 Å². The van der Waals surface area contributed by atoms with E-state index >= 15 is 0 Å². The van der Waals surface area contributed by atoms with E-state index in [0.29, 0.717) is 18.5 Å². The number of sulfonamides is 1. The van der Waals surface area contributed by atoms with Gasteiger partial charge < -0.3 is 20.3 Å². The number of nitrogens with zero attached hydrogens (tertiary/aromatic N) is 1. The first kappa shape index (κ1) is 29.1. The standard InChI is InChI=1S/C26H33BrN4O7S/c1-4-16-12-26(16,25(35)30-39(36,37)20-9-10-20)29-23(33)21-11-19(38-14-32)13-31(21)24(34)22(15(2)3)28-18-7-5-17(27)6-8-18/h4-8,14-16,19-22,28H,1,9-13H2,2-3H3,(H,29,33)(H,30,35)/t16-,19-,21+,22+,26-/m1/s1. The average molecular weight is 626 g/mol. The molecule has 4 rings (SSSR count). The summed E-state index contributed by atoms with van der Waals surface area (Å²) in [5.41, 5.74) is -0.767. The van der Waals surface area contributed by atoms with Crippen molar-refractivity contribution in [1.29, 1.82) is 0 Å². The van der Waals surface area contributed by atoms with Crippen LogP contribution in [0.1, 0.15) is 39.5 Å². The molecule has 0 radical (unpaired) electrons. The summed E-state index contributed by atoms with van der Waals surface area (Å²) in [6, 6.07) is 5.58. The molecule has 1 saturated heterocycles. The first-order valence-electron chi connectivity index (χ1n) is 12.8. The minimum Gasteiger partial charge on any atom is -0.463 e. The van der Waals surface area contributed by atoms with Crippen LogP contribution < -0.4 is 15.4 Å². The van der Waals surface area contributed by atoms with Gasteiger partial charge in [-0.05, 0) is 49.4 Å². The minimum atomic E-state index is -3.83. The van der Waals surface area contributed by atoms with E-state index in [1.807, 2.05) is 38.1 Å². The van der Waals surface area contributed by atoms with Crippen LogP contribution in [0.15, 0.2) is 41.4 Å². The number of halogens is 1. The van der Waals surface area contributed by atoms with Crippen molar-refractivity contribution in [2.45, 2.75) is 68.5 Å². The lowest BCUT2D eigenvalue weighted by Gasteiger charge is -2.31. The molecule has 0 aromatic heterocycles. The van der Waals surface area contributed by atoms with Crippen molar-refractivity contribution in [3.05, 3.63) is 41.4 Å². The number of nitrogens with one attached hydrogen (secondary N) is 3. The number of carbonyl (C=O) groups is 4. The summed E-state index contributed by atoms with van der Waals surface area (Å²) in [5, 5.41) is 5.34. The maximum Gasteiger partial charge on any atom is 0.293 e. The fourth-order valence-corrected chi connectivity index (χ4v) is 6.53. The van der Waals surface area contributed by atoms with E-state index < -0.39 is 56.7 Å². The number of likely N-dealkylation sites (tertiary alicyclic amines) is 1. The van der Waals surface area contributed by atoms with Gasteiger partial charge in [-0.2, -0.15) is 0 Å². The molecule has 5 atom stereocenters. The largest absolute Gasteiger partial charge is 0.463 e. The third-order valence-electron chi connectivity index (χ3n) is 7.44. The monoisotopic (exact) mass is 624 g/mol. The zero-order valence-corrected chi connectivity index (χ0v) is 24.2.